The van der Waals surface area contributed by atoms with Gasteiger partial charge in [0.25, 0.3) is 0 Å². The first-order valence-corrected chi connectivity index (χ1v) is 11.4. The van der Waals surface area contributed by atoms with Gasteiger partial charge in [-0.15, -0.1) is 0 Å². The third-order valence-electron chi connectivity index (χ3n) is 6.08. The first-order valence-electron chi connectivity index (χ1n) is 11.4. The average Bonchev–Trinajstić information content (AvgIpc) is 2.85. The Kier molecular flexibility index (Phi) is 7.79. The van der Waals surface area contributed by atoms with Crippen LogP contribution in [-0.4, -0.2) is 84.1 Å². The van der Waals surface area contributed by atoms with Crippen LogP contribution in [-0.2, 0) is 20.7 Å². The molecule has 0 radical (unpaired) electrons. The number of nitrogens with one attached hydrogen (secondary N) is 1. The molecule has 3 heterocycles. The summed E-state index contributed by atoms with van der Waals surface area (Å²) in [5.41, 5.74) is 1.92. The molecular weight excluding hydrogens is 406 g/mol. The number of rotatable bonds is 8. The summed E-state index contributed by atoms with van der Waals surface area (Å²) in [6.45, 7) is 5.78. The molecule has 2 aliphatic heterocycles. The minimum atomic E-state index is -0.158. The number of aromatic nitrogens is 2. The van der Waals surface area contributed by atoms with Crippen molar-refractivity contribution in [1.29, 1.82) is 0 Å². The molecule has 8 heteroatoms. The van der Waals surface area contributed by atoms with Gasteiger partial charge in [-0.3, -0.25) is 14.5 Å². The van der Waals surface area contributed by atoms with E-state index in [4.69, 9.17) is 4.74 Å². The average molecular weight is 438 g/mol. The molecule has 4 rings (SSSR count). The Bertz CT molecular complexity index is 902. The molecule has 2 fully saturated rings. The van der Waals surface area contributed by atoms with Crippen LogP contribution in [0, 0.1) is 5.92 Å². The molecule has 32 heavy (non-hydrogen) atoms. The van der Waals surface area contributed by atoms with Crippen LogP contribution < -0.4 is 5.32 Å². The molecule has 1 atom stereocenters. The van der Waals surface area contributed by atoms with Crippen LogP contribution in [0.25, 0.3) is 11.3 Å². The number of hydrogen-bond acceptors (Lipinski definition) is 6. The van der Waals surface area contributed by atoms with Crippen molar-refractivity contribution in [2.24, 2.45) is 5.92 Å². The highest BCUT2D eigenvalue weighted by molar-refractivity contribution is 5.83. The van der Waals surface area contributed by atoms with E-state index in [1.807, 2.05) is 41.3 Å². The number of amides is 2. The van der Waals surface area contributed by atoms with Gasteiger partial charge in [0.05, 0.1) is 24.8 Å². The summed E-state index contributed by atoms with van der Waals surface area (Å²) in [5, 5.41) is 3.02. The Hall–Kier alpha value is -2.84. The van der Waals surface area contributed by atoms with Crippen molar-refractivity contribution in [2.75, 3.05) is 52.5 Å². The molecule has 1 aromatic heterocycles. The van der Waals surface area contributed by atoms with Crippen LogP contribution in [0.1, 0.15) is 18.7 Å². The first-order chi connectivity index (χ1) is 15.7. The predicted molar refractivity (Wildman–Crippen MR) is 121 cm³/mol. The van der Waals surface area contributed by atoms with E-state index in [2.05, 4.69) is 20.2 Å². The minimum absolute atomic E-state index is 0.00749. The van der Waals surface area contributed by atoms with E-state index in [1.165, 1.54) is 0 Å². The summed E-state index contributed by atoms with van der Waals surface area (Å²) in [4.78, 5) is 38.1. The van der Waals surface area contributed by atoms with Gasteiger partial charge in [-0.2, -0.15) is 0 Å². The normalized spacial score (nSPS) is 19.7. The third kappa shape index (κ3) is 6.11. The molecule has 0 bridgehead atoms. The first kappa shape index (κ1) is 22.4. The van der Waals surface area contributed by atoms with E-state index >= 15 is 0 Å². The molecule has 0 unspecified atom stereocenters. The molecule has 2 aromatic rings. The monoisotopic (exact) mass is 437 g/mol. The van der Waals surface area contributed by atoms with Crippen molar-refractivity contribution < 1.29 is 14.3 Å². The quantitative estimate of drug-likeness (QED) is 0.671. The lowest BCUT2D eigenvalue weighted by atomic mass is 9.96. The molecule has 2 amide bonds. The number of piperidine rings is 1. The van der Waals surface area contributed by atoms with Crippen molar-refractivity contribution in [1.82, 2.24) is 25.1 Å². The lowest BCUT2D eigenvalue weighted by Crippen LogP contribution is -2.49. The van der Waals surface area contributed by atoms with Gasteiger partial charge in [-0.1, -0.05) is 30.3 Å². The van der Waals surface area contributed by atoms with E-state index < -0.39 is 0 Å². The number of carbonyl (C=O) groups is 2. The number of nitrogens with zero attached hydrogens (tertiary/aromatic N) is 4. The van der Waals surface area contributed by atoms with E-state index in [0.717, 1.165) is 44.1 Å². The summed E-state index contributed by atoms with van der Waals surface area (Å²) < 4.78 is 5.38. The molecule has 2 aliphatic rings. The fraction of sp³-hybridized carbons (Fsp3) is 0.500. The molecule has 170 valence electrons. The van der Waals surface area contributed by atoms with Crippen molar-refractivity contribution in [2.45, 2.75) is 19.3 Å². The zero-order valence-corrected chi connectivity index (χ0v) is 18.4. The molecule has 1 aromatic carbocycles. The standard InChI is InChI=1S/C24H31N5O3/c30-23-7-6-20(18-29(23)13-12-28-14-16-32-17-15-28)24(31)26-11-9-22-25-10-8-21(27-22)19-4-2-1-3-5-19/h1-5,8,10,20H,6-7,9,11-18H2,(H,26,31)/t20-/m1/s1. The summed E-state index contributed by atoms with van der Waals surface area (Å²) in [6.07, 6.45) is 3.37. The zero-order valence-electron chi connectivity index (χ0n) is 18.4. The second-order valence-corrected chi connectivity index (χ2v) is 8.29. The number of hydrogen-bond donors (Lipinski definition) is 1. The topological polar surface area (TPSA) is 87.7 Å². The van der Waals surface area contributed by atoms with Crippen LogP contribution >= 0.6 is 0 Å². The van der Waals surface area contributed by atoms with Gasteiger partial charge < -0.3 is 15.0 Å². The molecular formula is C24H31N5O3. The lowest BCUT2D eigenvalue weighted by molar-refractivity contribution is -0.138. The van der Waals surface area contributed by atoms with Crippen LogP contribution in [0.2, 0.25) is 0 Å². The molecule has 0 saturated carbocycles. The van der Waals surface area contributed by atoms with Gasteiger partial charge in [-0.25, -0.2) is 9.97 Å². The highest BCUT2D eigenvalue weighted by Gasteiger charge is 2.30. The maximum Gasteiger partial charge on any atom is 0.224 e. The van der Waals surface area contributed by atoms with E-state index in [-0.39, 0.29) is 17.7 Å². The van der Waals surface area contributed by atoms with Crippen molar-refractivity contribution in [3.05, 3.63) is 48.4 Å². The van der Waals surface area contributed by atoms with Crippen molar-refractivity contribution in [3.63, 3.8) is 0 Å². The fourth-order valence-electron chi connectivity index (χ4n) is 4.16. The minimum Gasteiger partial charge on any atom is -0.379 e. The molecule has 8 nitrogen and oxygen atoms in total. The third-order valence-corrected chi connectivity index (χ3v) is 6.08. The van der Waals surface area contributed by atoms with Gasteiger partial charge in [-0.05, 0) is 12.5 Å². The highest BCUT2D eigenvalue weighted by atomic mass is 16.5. The largest absolute Gasteiger partial charge is 0.379 e. The van der Waals surface area contributed by atoms with Gasteiger partial charge in [0.2, 0.25) is 11.8 Å². The maximum atomic E-state index is 12.7. The predicted octanol–water partition coefficient (Wildman–Crippen LogP) is 1.37. The Labute approximate surface area is 189 Å². The SMILES string of the molecule is O=C(NCCc1nccc(-c2ccccc2)n1)[C@@H]1CCC(=O)N(CCN2CCOCC2)C1. The van der Waals surface area contributed by atoms with Gasteiger partial charge in [0, 0.05) is 63.9 Å². The van der Waals surface area contributed by atoms with E-state index in [0.29, 0.717) is 44.7 Å². The molecule has 2 saturated heterocycles. The smallest absolute Gasteiger partial charge is 0.224 e. The lowest BCUT2D eigenvalue weighted by Gasteiger charge is -2.34. The number of ether oxygens (including phenoxy) is 1. The number of carbonyl (C=O) groups excluding carboxylic acids is 2. The van der Waals surface area contributed by atoms with E-state index in [1.54, 1.807) is 6.20 Å². The molecule has 0 spiro atoms. The summed E-state index contributed by atoms with van der Waals surface area (Å²) in [5.74, 6) is 0.702. The van der Waals surface area contributed by atoms with Crippen molar-refractivity contribution >= 4 is 11.8 Å². The Balaban J connectivity index is 1.23. The zero-order chi connectivity index (χ0) is 22.2. The maximum absolute atomic E-state index is 12.7. The molecule has 1 N–H and O–H groups in total. The van der Waals surface area contributed by atoms with Gasteiger partial charge in [0.15, 0.2) is 0 Å². The highest BCUT2D eigenvalue weighted by Crippen LogP contribution is 2.18. The van der Waals surface area contributed by atoms with Crippen molar-refractivity contribution in [3.8, 4) is 11.3 Å². The summed E-state index contributed by atoms with van der Waals surface area (Å²) in [7, 11) is 0. The molecule has 0 aliphatic carbocycles. The van der Waals surface area contributed by atoms with Gasteiger partial charge >= 0.3 is 0 Å². The number of morpholine rings is 1. The van der Waals surface area contributed by atoms with Crippen LogP contribution in [0.5, 0.6) is 0 Å². The second-order valence-electron chi connectivity index (χ2n) is 8.29. The Morgan fingerprint density at radius 3 is 2.75 bits per heavy atom. The number of likely N-dealkylation sites (tertiary alicyclic amines) is 1. The Morgan fingerprint density at radius 2 is 1.94 bits per heavy atom. The second kappa shape index (κ2) is 11.2. The summed E-state index contributed by atoms with van der Waals surface area (Å²) >= 11 is 0. The van der Waals surface area contributed by atoms with Gasteiger partial charge in [0.1, 0.15) is 5.82 Å². The van der Waals surface area contributed by atoms with Crippen LogP contribution in [0.4, 0.5) is 0 Å². The fourth-order valence-corrected chi connectivity index (χ4v) is 4.16. The Morgan fingerprint density at radius 1 is 1.12 bits per heavy atom. The van der Waals surface area contributed by atoms with E-state index in [9.17, 15) is 9.59 Å². The van der Waals surface area contributed by atoms with Crippen LogP contribution in [0.3, 0.4) is 0 Å². The summed E-state index contributed by atoms with van der Waals surface area (Å²) in [6, 6.07) is 11.9. The number of benzene rings is 1. The van der Waals surface area contributed by atoms with Crippen LogP contribution in [0.15, 0.2) is 42.6 Å².